The number of aromatic nitrogens is 5. The lowest BCUT2D eigenvalue weighted by Crippen LogP contribution is -2.18. The van der Waals surface area contributed by atoms with Crippen LogP contribution in [0, 0.1) is 0 Å². The van der Waals surface area contributed by atoms with E-state index in [1.807, 2.05) is 6.07 Å². The molecule has 0 saturated heterocycles. The van der Waals surface area contributed by atoms with Crippen molar-refractivity contribution < 1.29 is 4.79 Å². The van der Waals surface area contributed by atoms with Gasteiger partial charge in [0.1, 0.15) is 12.9 Å². The third-order valence-electron chi connectivity index (χ3n) is 2.87. The van der Waals surface area contributed by atoms with Gasteiger partial charge in [-0.05, 0) is 34.2 Å². The Morgan fingerprint density at radius 1 is 1.35 bits per heavy atom. The molecular weight excluding hydrogens is 359 g/mol. The van der Waals surface area contributed by atoms with Crippen LogP contribution < -0.4 is 5.32 Å². The fraction of sp³-hybridized carbons (Fsp3) is 0.154. The molecule has 1 N–H and O–H groups in total. The summed E-state index contributed by atoms with van der Waals surface area (Å²) in [5.41, 5.74) is 0.911. The predicted molar refractivity (Wildman–Crippen MR) is 87.8 cm³/mol. The number of rotatable bonds is 5. The van der Waals surface area contributed by atoms with Gasteiger partial charge in [0.05, 0.1) is 0 Å². The average molecular weight is 369 g/mol. The standard InChI is InChI=1S/C13H10Cl2N6OS/c14-9-1-2-11(15)8(3-9)4-10-5-16-13(23-10)18-12(22)6-21-7-17-19-20-21/h1-3,5,7H,4,6H2,(H,16,18,22). The molecule has 0 aliphatic rings. The molecule has 2 heterocycles. The number of nitrogens with zero attached hydrogens (tertiary/aromatic N) is 5. The van der Waals surface area contributed by atoms with Crippen LogP contribution in [0.1, 0.15) is 10.4 Å². The first-order valence-corrected chi connectivity index (χ1v) is 8.06. The number of nitrogens with one attached hydrogen (secondary N) is 1. The zero-order valence-corrected chi connectivity index (χ0v) is 13.9. The Morgan fingerprint density at radius 2 is 2.22 bits per heavy atom. The third kappa shape index (κ3) is 4.25. The minimum Gasteiger partial charge on any atom is -0.300 e. The van der Waals surface area contributed by atoms with Gasteiger partial charge in [-0.1, -0.05) is 23.2 Å². The van der Waals surface area contributed by atoms with Crippen LogP contribution in [0.3, 0.4) is 0 Å². The van der Waals surface area contributed by atoms with E-state index in [2.05, 4.69) is 25.8 Å². The van der Waals surface area contributed by atoms with E-state index in [0.29, 0.717) is 21.6 Å². The highest BCUT2D eigenvalue weighted by Crippen LogP contribution is 2.26. The number of thiazole rings is 1. The summed E-state index contributed by atoms with van der Waals surface area (Å²) in [6.07, 6.45) is 3.67. The molecule has 2 aromatic heterocycles. The molecule has 0 fully saturated rings. The Morgan fingerprint density at radius 3 is 3.00 bits per heavy atom. The van der Waals surface area contributed by atoms with Crippen LogP contribution >= 0.6 is 34.5 Å². The molecular formula is C13H10Cl2N6OS. The predicted octanol–water partition coefficient (Wildman–Crippen LogP) is 2.67. The topological polar surface area (TPSA) is 85.6 Å². The van der Waals surface area contributed by atoms with Crippen LogP contribution in [0.2, 0.25) is 10.0 Å². The molecule has 10 heteroatoms. The normalized spacial score (nSPS) is 10.7. The van der Waals surface area contributed by atoms with Crippen LogP contribution in [0.5, 0.6) is 0 Å². The largest absolute Gasteiger partial charge is 0.300 e. The fourth-order valence-electron chi connectivity index (χ4n) is 1.87. The molecule has 0 saturated carbocycles. The summed E-state index contributed by atoms with van der Waals surface area (Å²) in [5.74, 6) is -0.251. The maximum absolute atomic E-state index is 11.8. The van der Waals surface area contributed by atoms with E-state index in [4.69, 9.17) is 23.2 Å². The Balaban J connectivity index is 1.63. The van der Waals surface area contributed by atoms with Crippen LogP contribution in [0.25, 0.3) is 0 Å². The number of carbonyl (C=O) groups is 1. The SMILES string of the molecule is O=C(Cn1cnnn1)Nc1ncc(Cc2cc(Cl)ccc2Cl)s1. The van der Waals surface area contributed by atoms with E-state index in [9.17, 15) is 4.79 Å². The molecule has 1 amide bonds. The minimum absolute atomic E-state index is 0.0298. The van der Waals surface area contributed by atoms with Crippen LogP contribution in [0.15, 0.2) is 30.7 Å². The van der Waals surface area contributed by atoms with Gasteiger partial charge in [-0.2, -0.15) is 0 Å². The number of hydrogen-bond donors (Lipinski definition) is 1. The summed E-state index contributed by atoms with van der Waals surface area (Å²) in [7, 11) is 0. The van der Waals surface area contributed by atoms with Gasteiger partial charge < -0.3 is 5.32 Å². The number of hydrogen-bond acceptors (Lipinski definition) is 6. The molecule has 23 heavy (non-hydrogen) atoms. The maximum atomic E-state index is 11.8. The number of tetrazole rings is 1. The monoisotopic (exact) mass is 368 g/mol. The summed E-state index contributed by atoms with van der Waals surface area (Å²) < 4.78 is 1.33. The van der Waals surface area contributed by atoms with Crippen molar-refractivity contribution in [2.45, 2.75) is 13.0 Å². The number of benzene rings is 1. The summed E-state index contributed by atoms with van der Waals surface area (Å²) >= 11 is 13.5. The smallest absolute Gasteiger partial charge is 0.248 e. The minimum atomic E-state index is -0.251. The van der Waals surface area contributed by atoms with Crippen molar-refractivity contribution in [1.82, 2.24) is 25.2 Å². The van der Waals surface area contributed by atoms with Gasteiger partial charge in [-0.25, -0.2) is 9.67 Å². The summed E-state index contributed by atoms with van der Waals surface area (Å²) in [4.78, 5) is 17.0. The van der Waals surface area contributed by atoms with E-state index in [1.165, 1.54) is 22.3 Å². The fourth-order valence-corrected chi connectivity index (χ4v) is 3.10. The molecule has 0 spiro atoms. The lowest BCUT2D eigenvalue weighted by atomic mass is 10.1. The lowest BCUT2D eigenvalue weighted by Gasteiger charge is -2.02. The Hall–Kier alpha value is -2.03. The summed E-state index contributed by atoms with van der Waals surface area (Å²) in [6.45, 7) is 0.0298. The second-order valence-corrected chi connectivity index (χ2v) is 6.56. The Bertz CT molecular complexity index is 820. The molecule has 0 bridgehead atoms. The molecule has 3 aromatic rings. The molecule has 0 unspecified atom stereocenters. The highest BCUT2D eigenvalue weighted by molar-refractivity contribution is 7.15. The number of carbonyl (C=O) groups excluding carboxylic acids is 1. The number of halogens is 2. The Kier molecular flexibility index (Phi) is 4.85. The Labute approximate surface area is 145 Å². The first-order chi connectivity index (χ1) is 11.1. The number of amides is 1. The van der Waals surface area contributed by atoms with E-state index >= 15 is 0 Å². The average Bonchev–Trinajstić information content (AvgIpc) is 3.15. The van der Waals surface area contributed by atoms with Gasteiger partial charge in [-0.15, -0.1) is 16.4 Å². The van der Waals surface area contributed by atoms with E-state index < -0.39 is 0 Å². The van der Waals surface area contributed by atoms with Gasteiger partial charge >= 0.3 is 0 Å². The van der Waals surface area contributed by atoms with Crippen LogP contribution in [-0.4, -0.2) is 31.1 Å². The molecule has 0 aliphatic heterocycles. The first kappa shape index (κ1) is 15.9. The first-order valence-electron chi connectivity index (χ1n) is 6.49. The molecule has 7 nitrogen and oxygen atoms in total. The van der Waals surface area contributed by atoms with Crippen molar-refractivity contribution in [2.24, 2.45) is 0 Å². The second kappa shape index (κ2) is 7.03. The molecule has 0 atom stereocenters. The van der Waals surface area contributed by atoms with Crippen LogP contribution in [0.4, 0.5) is 5.13 Å². The molecule has 0 radical (unpaired) electrons. The molecule has 3 rings (SSSR count). The third-order valence-corrected chi connectivity index (χ3v) is 4.39. The van der Waals surface area contributed by atoms with Crippen molar-refractivity contribution in [1.29, 1.82) is 0 Å². The van der Waals surface area contributed by atoms with E-state index in [1.54, 1.807) is 18.3 Å². The summed E-state index contributed by atoms with van der Waals surface area (Å²) in [5, 5.41) is 15.0. The summed E-state index contributed by atoms with van der Waals surface area (Å²) in [6, 6.07) is 5.32. The second-order valence-electron chi connectivity index (χ2n) is 4.60. The van der Waals surface area contributed by atoms with Crippen molar-refractivity contribution in [3.8, 4) is 0 Å². The van der Waals surface area contributed by atoms with Gasteiger partial charge in [0.2, 0.25) is 5.91 Å². The van der Waals surface area contributed by atoms with E-state index in [0.717, 1.165) is 10.4 Å². The zero-order valence-electron chi connectivity index (χ0n) is 11.6. The quantitative estimate of drug-likeness (QED) is 0.747. The van der Waals surface area contributed by atoms with Crippen molar-refractivity contribution in [3.63, 3.8) is 0 Å². The maximum Gasteiger partial charge on any atom is 0.248 e. The van der Waals surface area contributed by atoms with Crippen LogP contribution in [-0.2, 0) is 17.8 Å². The molecule has 1 aromatic carbocycles. The zero-order chi connectivity index (χ0) is 16.2. The van der Waals surface area contributed by atoms with Gasteiger partial charge in [0.25, 0.3) is 0 Å². The van der Waals surface area contributed by atoms with Crippen molar-refractivity contribution in [3.05, 3.63) is 51.2 Å². The lowest BCUT2D eigenvalue weighted by molar-refractivity contribution is -0.116. The molecule has 0 aliphatic carbocycles. The highest BCUT2D eigenvalue weighted by Gasteiger charge is 2.10. The van der Waals surface area contributed by atoms with Gasteiger partial charge in [0.15, 0.2) is 5.13 Å². The van der Waals surface area contributed by atoms with Gasteiger partial charge in [0, 0.05) is 27.5 Å². The number of anilines is 1. The van der Waals surface area contributed by atoms with Crippen molar-refractivity contribution >= 4 is 45.6 Å². The molecule has 118 valence electrons. The highest BCUT2D eigenvalue weighted by atomic mass is 35.5. The van der Waals surface area contributed by atoms with E-state index in [-0.39, 0.29) is 12.5 Å². The van der Waals surface area contributed by atoms with Crippen molar-refractivity contribution in [2.75, 3.05) is 5.32 Å². The van der Waals surface area contributed by atoms with Gasteiger partial charge in [-0.3, -0.25) is 4.79 Å².